The van der Waals surface area contributed by atoms with Crippen molar-refractivity contribution in [3.8, 4) is 0 Å². The van der Waals surface area contributed by atoms with Gasteiger partial charge in [0.2, 0.25) is 5.91 Å². The lowest BCUT2D eigenvalue weighted by atomic mass is 10.2. The van der Waals surface area contributed by atoms with Crippen LogP contribution in [0, 0.1) is 5.92 Å². The largest absolute Gasteiger partial charge is 0.378 e. The van der Waals surface area contributed by atoms with Crippen molar-refractivity contribution in [1.29, 1.82) is 0 Å². The molecule has 1 aromatic rings. The van der Waals surface area contributed by atoms with E-state index in [0.29, 0.717) is 35.6 Å². The predicted octanol–water partition coefficient (Wildman–Crippen LogP) is 0.962. The van der Waals surface area contributed by atoms with E-state index in [9.17, 15) is 9.59 Å². The van der Waals surface area contributed by atoms with Crippen LogP contribution in [0.4, 0.5) is 5.69 Å². The van der Waals surface area contributed by atoms with Crippen molar-refractivity contribution in [3.05, 3.63) is 21.0 Å². The number of rotatable bonds is 4. The molecule has 7 heteroatoms. The fraction of sp³-hybridized carbons (Fsp3) is 0.583. The second-order valence-corrected chi connectivity index (χ2v) is 5.90. The van der Waals surface area contributed by atoms with Crippen molar-refractivity contribution in [2.45, 2.75) is 32.9 Å². The zero-order chi connectivity index (χ0) is 14.0. The third kappa shape index (κ3) is 3.34. The van der Waals surface area contributed by atoms with E-state index in [-0.39, 0.29) is 17.5 Å². The van der Waals surface area contributed by atoms with Gasteiger partial charge in [-0.1, -0.05) is 13.8 Å². The van der Waals surface area contributed by atoms with Crippen molar-refractivity contribution in [3.63, 3.8) is 0 Å². The zero-order valence-corrected chi connectivity index (χ0v) is 12.5. The van der Waals surface area contributed by atoms with Gasteiger partial charge in [0.1, 0.15) is 4.47 Å². The molecule has 0 radical (unpaired) electrons. The third-order valence-electron chi connectivity index (χ3n) is 2.86. The first-order valence-electron chi connectivity index (χ1n) is 6.26. The van der Waals surface area contributed by atoms with Gasteiger partial charge in [-0.15, -0.1) is 0 Å². The summed E-state index contributed by atoms with van der Waals surface area (Å²) < 4.78 is 1.90. The van der Waals surface area contributed by atoms with Crippen LogP contribution in [-0.2, 0) is 11.3 Å². The van der Waals surface area contributed by atoms with Gasteiger partial charge >= 0.3 is 0 Å². The van der Waals surface area contributed by atoms with Crippen LogP contribution in [0.25, 0.3) is 0 Å². The monoisotopic (exact) mass is 328 g/mol. The Balaban J connectivity index is 2.16. The number of amides is 1. The molecule has 1 fully saturated rings. The van der Waals surface area contributed by atoms with E-state index in [1.807, 2.05) is 13.8 Å². The Labute approximate surface area is 119 Å². The molecule has 0 aromatic carbocycles. The van der Waals surface area contributed by atoms with E-state index in [1.165, 1.54) is 4.68 Å². The Morgan fingerprint density at radius 3 is 2.89 bits per heavy atom. The molecule has 2 heterocycles. The van der Waals surface area contributed by atoms with Crippen LogP contribution in [0.1, 0.15) is 20.3 Å². The first-order chi connectivity index (χ1) is 8.97. The molecule has 19 heavy (non-hydrogen) atoms. The Morgan fingerprint density at radius 2 is 2.32 bits per heavy atom. The fourth-order valence-electron chi connectivity index (χ4n) is 1.97. The molecule has 2 rings (SSSR count). The highest BCUT2D eigenvalue weighted by Crippen LogP contribution is 2.19. The lowest BCUT2D eigenvalue weighted by molar-refractivity contribution is -0.119. The summed E-state index contributed by atoms with van der Waals surface area (Å²) in [6.07, 6.45) is 2.04. The molecule has 0 spiro atoms. The number of carbonyl (C=O) groups excluding carboxylic acids is 1. The van der Waals surface area contributed by atoms with Gasteiger partial charge in [0, 0.05) is 19.5 Å². The van der Waals surface area contributed by atoms with Crippen LogP contribution in [-0.4, -0.2) is 28.3 Å². The number of hydrogen-bond donors (Lipinski definition) is 2. The molecule has 1 amide bonds. The van der Waals surface area contributed by atoms with E-state index >= 15 is 0 Å². The summed E-state index contributed by atoms with van der Waals surface area (Å²) in [7, 11) is 0. The van der Waals surface area contributed by atoms with Gasteiger partial charge in [-0.2, -0.15) is 5.10 Å². The van der Waals surface area contributed by atoms with Gasteiger partial charge in [-0.3, -0.25) is 9.59 Å². The van der Waals surface area contributed by atoms with Crippen molar-refractivity contribution in [1.82, 2.24) is 15.1 Å². The molecule has 1 aliphatic rings. The van der Waals surface area contributed by atoms with Crippen LogP contribution < -0.4 is 16.2 Å². The minimum absolute atomic E-state index is 0.00551. The molecule has 1 saturated heterocycles. The van der Waals surface area contributed by atoms with Crippen LogP contribution in [0.3, 0.4) is 0 Å². The maximum absolute atomic E-state index is 12.1. The van der Waals surface area contributed by atoms with Gasteiger partial charge in [0.25, 0.3) is 5.56 Å². The minimum Gasteiger partial charge on any atom is -0.378 e. The molecule has 0 saturated carbocycles. The van der Waals surface area contributed by atoms with Gasteiger partial charge in [-0.05, 0) is 21.8 Å². The van der Waals surface area contributed by atoms with Crippen LogP contribution in [0.5, 0.6) is 0 Å². The van der Waals surface area contributed by atoms with E-state index in [4.69, 9.17) is 0 Å². The second kappa shape index (κ2) is 5.73. The standard InChI is InChI=1S/C12H17BrN4O2/c1-7(2)6-17-12(19)11(13)9(5-15-17)16-8-3-10(18)14-4-8/h5,7-8,16H,3-4,6H2,1-2H3,(H,14,18). The summed E-state index contributed by atoms with van der Waals surface area (Å²) in [5.41, 5.74) is 0.475. The number of halogens is 1. The van der Waals surface area contributed by atoms with Crippen molar-refractivity contribution < 1.29 is 4.79 Å². The summed E-state index contributed by atoms with van der Waals surface area (Å²) in [5.74, 6) is 0.377. The Kier molecular flexibility index (Phi) is 4.24. The molecule has 6 nitrogen and oxygen atoms in total. The van der Waals surface area contributed by atoms with Gasteiger partial charge in [-0.25, -0.2) is 4.68 Å². The Hall–Kier alpha value is -1.37. The number of aromatic nitrogens is 2. The topological polar surface area (TPSA) is 76.0 Å². The normalized spacial score (nSPS) is 18.7. The molecule has 104 valence electrons. The minimum atomic E-state index is -0.156. The molecule has 0 bridgehead atoms. The Morgan fingerprint density at radius 1 is 1.58 bits per heavy atom. The summed E-state index contributed by atoms with van der Waals surface area (Å²) >= 11 is 3.30. The number of carbonyl (C=O) groups is 1. The van der Waals surface area contributed by atoms with E-state index in [1.54, 1.807) is 6.20 Å². The molecule has 1 aliphatic heterocycles. The van der Waals surface area contributed by atoms with Crippen molar-refractivity contribution in [2.75, 3.05) is 11.9 Å². The smallest absolute Gasteiger partial charge is 0.283 e. The molecule has 1 unspecified atom stereocenters. The average Bonchev–Trinajstić information content (AvgIpc) is 2.74. The molecule has 2 N–H and O–H groups in total. The molecule has 1 atom stereocenters. The summed E-state index contributed by atoms with van der Waals surface area (Å²) in [6.45, 7) is 5.22. The van der Waals surface area contributed by atoms with Crippen molar-refractivity contribution >= 4 is 27.5 Å². The first-order valence-corrected chi connectivity index (χ1v) is 7.05. The third-order valence-corrected chi connectivity index (χ3v) is 3.63. The number of hydrogen-bond acceptors (Lipinski definition) is 4. The summed E-state index contributed by atoms with van der Waals surface area (Å²) in [5, 5.41) is 10.0. The lowest BCUT2D eigenvalue weighted by Gasteiger charge is -2.14. The second-order valence-electron chi connectivity index (χ2n) is 5.10. The average molecular weight is 329 g/mol. The number of anilines is 1. The molecular formula is C12H17BrN4O2. The highest BCUT2D eigenvalue weighted by Gasteiger charge is 2.22. The molecule has 0 aliphatic carbocycles. The van der Waals surface area contributed by atoms with E-state index in [0.717, 1.165) is 0 Å². The number of nitrogens with zero attached hydrogens (tertiary/aromatic N) is 2. The highest BCUT2D eigenvalue weighted by atomic mass is 79.9. The van der Waals surface area contributed by atoms with Crippen LogP contribution >= 0.6 is 15.9 Å². The van der Waals surface area contributed by atoms with E-state index < -0.39 is 0 Å². The highest BCUT2D eigenvalue weighted by molar-refractivity contribution is 9.10. The lowest BCUT2D eigenvalue weighted by Crippen LogP contribution is -2.29. The summed E-state index contributed by atoms with van der Waals surface area (Å²) in [6, 6.07) is 0.00551. The Bertz CT molecular complexity index is 541. The molecule has 1 aromatic heterocycles. The van der Waals surface area contributed by atoms with Crippen LogP contribution in [0.15, 0.2) is 15.5 Å². The molecular weight excluding hydrogens is 312 g/mol. The summed E-state index contributed by atoms with van der Waals surface area (Å²) in [4.78, 5) is 23.2. The fourth-order valence-corrected chi connectivity index (χ4v) is 2.39. The van der Waals surface area contributed by atoms with Crippen LogP contribution in [0.2, 0.25) is 0 Å². The van der Waals surface area contributed by atoms with Gasteiger partial charge < -0.3 is 10.6 Å². The quantitative estimate of drug-likeness (QED) is 0.863. The van der Waals surface area contributed by atoms with Crippen molar-refractivity contribution in [2.24, 2.45) is 5.92 Å². The van der Waals surface area contributed by atoms with E-state index in [2.05, 4.69) is 31.7 Å². The predicted molar refractivity (Wildman–Crippen MR) is 76.1 cm³/mol. The number of nitrogens with one attached hydrogen (secondary N) is 2. The maximum atomic E-state index is 12.1. The maximum Gasteiger partial charge on any atom is 0.283 e. The van der Waals surface area contributed by atoms with Gasteiger partial charge in [0.15, 0.2) is 0 Å². The zero-order valence-electron chi connectivity index (χ0n) is 10.9. The van der Waals surface area contributed by atoms with Gasteiger partial charge in [0.05, 0.1) is 17.9 Å². The first kappa shape index (κ1) is 14.0. The SMILES string of the molecule is CC(C)Cn1ncc(NC2CNC(=O)C2)c(Br)c1=O.